The first kappa shape index (κ1) is 17.8. The molecule has 1 aromatic rings. The molecule has 0 saturated carbocycles. The molecule has 3 rings (SSSR count). The molecule has 0 radical (unpaired) electrons. The van der Waals surface area contributed by atoms with Crippen LogP contribution in [0.4, 0.5) is 0 Å². The van der Waals surface area contributed by atoms with Crippen LogP contribution in [-0.4, -0.2) is 56.2 Å². The van der Waals surface area contributed by atoms with E-state index in [0.717, 1.165) is 37.6 Å². The monoisotopic (exact) mass is 336 g/mol. The number of nitrogens with zero attached hydrogens (tertiary/aromatic N) is 4. The number of aliphatic hydroxyl groups excluding tert-OH is 1. The molecular weight excluding hydrogens is 304 g/mol. The molecule has 24 heavy (non-hydrogen) atoms. The minimum Gasteiger partial charge on any atom is -0.389 e. The van der Waals surface area contributed by atoms with Gasteiger partial charge in [0.2, 0.25) is 0 Å². The third kappa shape index (κ3) is 4.35. The fraction of sp³-hybridized carbons (Fsp3) is 0.889. The molecule has 6 heteroatoms. The maximum absolute atomic E-state index is 10.4. The Labute approximate surface area is 145 Å². The van der Waals surface area contributed by atoms with Gasteiger partial charge in [-0.3, -0.25) is 4.90 Å². The van der Waals surface area contributed by atoms with Gasteiger partial charge in [0.25, 0.3) is 0 Å². The van der Waals surface area contributed by atoms with E-state index in [1.807, 2.05) is 20.8 Å². The second kappa shape index (κ2) is 7.50. The van der Waals surface area contributed by atoms with Gasteiger partial charge in [-0.15, -0.1) is 10.2 Å². The molecule has 2 atom stereocenters. The lowest BCUT2D eigenvalue weighted by molar-refractivity contribution is -0.0615. The number of aromatic nitrogens is 3. The maximum Gasteiger partial charge on any atom is 0.150 e. The van der Waals surface area contributed by atoms with Crippen molar-refractivity contribution < 1.29 is 9.84 Å². The number of fused-ring (bicyclic) bond motifs is 1. The zero-order valence-corrected chi connectivity index (χ0v) is 15.4. The van der Waals surface area contributed by atoms with Crippen LogP contribution in [0.5, 0.6) is 0 Å². The molecule has 0 aromatic carbocycles. The summed E-state index contributed by atoms with van der Waals surface area (Å²) in [4.78, 5) is 2.38. The van der Waals surface area contributed by atoms with Crippen molar-refractivity contribution in [3.05, 3.63) is 11.6 Å². The Morgan fingerprint density at radius 1 is 1.17 bits per heavy atom. The number of hydrogen-bond acceptors (Lipinski definition) is 5. The number of hydrogen-bond donors (Lipinski definition) is 1. The van der Waals surface area contributed by atoms with Crippen LogP contribution in [0.25, 0.3) is 0 Å². The van der Waals surface area contributed by atoms with Gasteiger partial charge < -0.3 is 14.4 Å². The quantitative estimate of drug-likeness (QED) is 0.894. The minimum atomic E-state index is -0.464. The van der Waals surface area contributed by atoms with Gasteiger partial charge in [0.15, 0.2) is 0 Å². The normalized spacial score (nSPS) is 23.9. The molecule has 0 amide bonds. The van der Waals surface area contributed by atoms with E-state index < -0.39 is 6.10 Å². The van der Waals surface area contributed by atoms with Crippen LogP contribution in [-0.2, 0) is 17.7 Å². The highest BCUT2D eigenvalue weighted by molar-refractivity contribution is 5.05. The van der Waals surface area contributed by atoms with Crippen LogP contribution >= 0.6 is 0 Å². The van der Waals surface area contributed by atoms with Gasteiger partial charge in [-0.05, 0) is 53.0 Å². The molecule has 1 saturated heterocycles. The van der Waals surface area contributed by atoms with Gasteiger partial charge in [0.05, 0.1) is 24.4 Å². The first-order valence-corrected chi connectivity index (χ1v) is 9.42. The van der Waals surface area contributed by atoms with Crippen LogP contribution in [0.15, 0.2) is 0 Å². The van der Waals surface area contributed by atoms with Crippen molar-refractivity contribution in [1.82, 2.24) is 19.7 Å². The van der Waals surface area contributed by atoms with E-state index in [2.05, 4.69) is 19.7 Å². The Hall–Kier alpha value is -0.980. The molecule has 1 aromatic heterocycles. The standard InChI is InChI=1S/C18H32N4O2/c1-18(2,3)24-13-14(23)12-21-10-6-4-8-15(21)17-20-19-16-9-5-7-11-22(16)17/h14-15,23H,4-13H2,1-3H3. The average molecular weight is 336 g/mol. The van der Waals surface area contributed by atoms with E-state index in [1.54, 1.807) is 0 Å². The summed E-state index contributed by atoms with van der Waals surface area (Å²) in [6.45, 7) is 9.13. The molecular formula is C18H32N4O2. The molecule has 0 bridgehead atoms. The van der Waals surface area contributed by atoms with E-state index in [0.29, 0.717) is 13.2 Å². The molecule has 1 fully saturated rings. The number of piperidine rings is 1. The van der Waals surface area contributed by atoms with Crippen LogP contribution in [0.1, 0.15) is 70.6 Å². The third-order valence-corrected chi connectivity index (χ3v) is 4.95. The Kier molecular flexibility index (Phi) is 5.57. The summed E-state index contributed by atoms with van der Waals surface area (Å²) >= 11 is 0. The lowest BCUT2D eigenvalue weighted by atomic mass is 10.00. The van der Waals surface area contributed by atoms with Gasteiger partial charge in [-0.1, -0.05) is 6.42 Å². The third-order valence-electron chi connectivity index (χ3n) is 4.95. The van der Waals surface area contributed by atoms with E-state index in [1.165, 1.54) is 25.7 Å². The number of aliphatic hydroxyl groups is 1. The first-order valence-electron chi connectivity index (χ1n) is 9.42. The number of ether oxygens (including phenoxy) is 1. The summed E-state index contributed by atoms with van der Waals surface area (Å²) in [6, 6.07) is 0.280. The highest BCUT2D eigenvalue weighted by Gasteiger charge is 2.31. The predicted molar refractivity (Wildman–Crippen MR) is 92.8 cm³/mol. The Morgan fingerprint density at radius 3 is 2.75 bits per heavy atom. The highest BCUT2D eigenvalue weighted by Crippen LogP contribution is 2.31. The van der Waals surface area contributed by atoms with E-state index in [4.69, 9.17) is 4.74 Å². The van der Waals surface area contributed by atoms with Crippen LogP contribution in [0.3, 0.4) is 0 Å². The second-order valence-corrected chi connectivity index (χ2v) is 8.17. The molecule has 0 spiro atoms. The van der Waals surface area contributed by atoms with Crippen molar-refractivity contribution in [1.29, 1.82) is 0 Å². The molecule has 2 unspecified atom stereocenters. The first-order chi connectivity index (χ1) is 11.4. The SMILES string of the molecule is CC(C)(C)OCC(O)CN1CCCCC1c1nnc2n1CCCC2. The van der Waals surface area contributed by atoms with Crippen LogP contribution < -0.4 is 0 Å². The summed E-state index contributed by atoms with van der Waals surface area (Å²) in [7, 11) is 0. The average Bonchev–Trinajstić information content (AvgIpc) is 2.97. The van der Waals surface area contributed by atoms with E-state index >= 15 is 0 Å². The van der Waals surface area contributed by atoms with Crippen LogP contribution in [0, 0.1) is 0 Å². The predicted octanol–water partition coefficient (Wildman–Crippen LogP) is 2.32. The summed E-state index contributed by atoms with van der Waals surface area (Å²) in [5, 5.41) is 19.3. The molecule has 1 N–H and O–H groups in total. The number of rotatable bonds is 5. The smallest absolute Gasteiger partial charge is 0.150 e. The molecule has 6 nitrogen and oxygen atoms in total. The Bertz CT molecular complexity index is 538. The number of β-amino-alcohol motifs (C(OH)–C–C–N with tert-alkyl or cyclic N) is 1. The summed E-state index contributed by atoms with van der Waals surface area (Å²) in [5.74, 6) is 2.24. The summed E-state index contributed by atoms with van der Waals surface area (Å²) in [6.07, 6.45) is 6.52. The van der Waals surface area contributed by atoms with E-state index in [-0.39, 0.29) is 11.6 Å². The van der Waals surface area contributed by atoms with Crippen molar-refractivity contribution in [3.63, 3.8) is 0 Å². The zero-order chi connectivity index (χ0) is 17.2. The molecule has 2 aliphatic heterocycles. The zero-order valence-electron chi connectivity index (χ0n) is 15.4. The van der Waals surface area contributed by atoms with Gasteiger partial charge >= 0.3 is 0 Å². The fourth-order valence-corrected chi connectivity index (χ4v) is 3.75. The lowest BCUT2D eigenvalue weighted by Gasteiger charge is -2.37. The lowest BCUT2D eigenvalue weighted by Crippen LogP contribution is -2.42. The van der Waals surface area contributed by atoms with Gasteiger partial charge in [0, 0.05) is 19.5 Å². The van der Waals surface area contributed by atoms with Crippen molar-refractivity contribution >= 4 is 0 Å². The fourth-order valence-electron chi connectivity index (χ4n) is 3.75. The van der Waals surface area contributed by atoms with Gasteiger partial charge in [-0.2, -0.15) is 0 Å². The Morgan fingerprint density at radius 2 is 1.96 bits per heavy atom. The van der Waals surface area contributed by atoms with Crippen molar-refractivity contribution in [2.24, 2.45) is 0 Å². The summed E-state index contributed by atoms with van der Waals surface area (Å²) < 4.78 is 8.06. The van der Waals surface area contributed by atoms with Crippen molar-refractivity contribution in [3.8, 4) is 0 Å². The summed E-state index contributed by atoms with van der Waals surface area (Å²) in [5.41, 5.74) is -0.214. The molecule has 0 aliphatic carbocycles. The van der Waals surface area contributed by atoms with Crippen molar-refractivity contribution in [2.75, 3.05) is 19.7 Å². The highest BCUT2D eigenvalue weighted by atomic mass is 16.5. The minimum absolute atomic E-state index is 0.214. The molecule has 3 heterocycles. The van der Waals surface area contributed by atoms with Crippen molar-refractivity contribution in [2.45, 2.75) is 83.6 Å². The van der Waals surface area contributed by atoms with Gasteiger partial charge in [-0.25, -0.2) is 0 Å². The van der Waals surface area contributed by atoms with Gasteiger partial charge in [0.1, 0.15) is 11.6 Å². The molecule has 136 valence electrons. The number of aryl methyl sites for hydroxylation is 1. The molecule has 2 aliphatic rings. The second-order valence-electron chi connectivity index (χ2n) is 8.17. The van der Waals surface area contributed by atoms with E-state index in [9.17, 15) is 5.11 Å². The topological polar surface area (TPSA) is 63.4 Å². The van der Waals surface area contributed by atoms with Crippen LogP contribution in [0.2, 0.25) is 0 Å². The Balaban J connectivity index is 1.66. The largest absolute Gasteiger partial charge is 0.389 e. The number of likely N-dealkylation sites (tertiary alicyclic amines) is 1. The maximum atomic E-state index is 10.4.